The van der Waals surface area contributed by atoms with Crippen LogP contribution in [-0.4, -0.2) is 22.5 Å². The van der Waals surface area contributed by atoms with E-state index in [0.717, 1.165) is 29.5 Å². The molecule has 1 N–H and O–H groups in total. The number of rotatable bonds is 5. The summed E-state index contributed by atoms with van der Waals surface area (Å²) in [6, 6.07) is 3.13. The first-order valence-electron chi connectivity index (χ1n) is 6.89. The van der Waals surface area contributed by atoms with E-state index in [-0.39, 0.29) is 11.4 Å². The second-order valence-electron chi connectivity index (χ2n) is 4.95. The first-order valence-corrected chi connectivity index (χ1v) is 7.77. The fourth-order valence-corrected chi connectivity index (χ4v) is 2.59. The van der Waals surface area contributed by atoms with E-state index in [2.05, 4.69) is 0 Å². The molecule has 0 unspecified atom stereocenters. The number of carbonyl (C=O) groups is 2. The maximum atomic E-state index is 13.5. The number of para-hydroxylation sites is 1. The average Bonchev–Trinajstić information content (AvgIpc) is 2.82. The van der Waals surface area contributed by atoms with Crippen LogP contribution in [0.15, 0.2) is 28.4 Å². The lowest BCUT2D eigenvalue weighted by atomic mass is 10.2. The number of anilines is 1. The highest BCUT2D eigenvalue weighted by molar-refractivity contribution is 7.07. The van der Waals surface area contributed by atoms with E-state index in [9.17, 15) is 23.2 Å². The number of aryl methyl sites for hydroxylation is 1. The molecule has 0 radical (unpaired) electrons. The van der Waals surface area contributed by atoms with Crippen molar-refractivity contribution in [1.29, 1.82) is 0 Å². The Morgan fingerprint density at radius 3 is 2.50 bits per heavy atom. The lowest BCUT2D eigenvalue weighted by Gasteiger charge is -2.14. The van der Waals surface area contributed by atoms with E-state index in [4.69, 9.17) is 4.74 Å². The Hall–Kier alpha value is -2.55. The van der Waals surface area contributed by atoms with Crippen LogP contribution in [0.2, 0.25) is 0 Å². The highest BCUT2D eigenvalue weighted by Crippen LogP contribution is 2.18. The maximum absolute atomic E-state index is 13.5. The van der Waals surface area contributed by atoms with Gasteiger partial charge in [0.2, 0.25) is 0 Å². The van der Waals surface area contributed by atoms with Gasteiger partial charge in [-0.3, -0.25) is 19.0 Å². The maximum Gasteiger partial charge on any atom is 0.326 e. The van der Waals surface area contributed by atoms with Crippen LogP contribution < -0.4 is 10.2 Å². The van der Waals surface area contributed by atoms with Gasteiger partial charge in [-0.15, -0.1) is 0 Å². The third kappa shape index (κ3) is 4.05. The Morgan fingerprint density at radius 2 is 1.96 bits per heavy atom. The van der Waals surface area contributed by atoms with Crippen LogP contribution >= 0.6 is 11.3 Å². The molecular weight excluding hydrogens is 342 g/mol. The summed E-state index contributed by atoms with van der Waals surface area (Å²) >= 11 is 0.940. The minimum absolute atomic E-state index is 0.324. The number of halogens is 2. The van der Waals surface area contributed by atoms with E-state index in [1.165, 1.54) is 11.5 Å². The molecule has 9 heteroatoms. The number of hydrogen-bond acceptors (Lipinski definition) is 5. The predicted octanol–water partition coefficient (Wildman–Crippen LogP) is 2.07. The van der Waals surface area contributed by atoms with E-state index >= 15 is 0 Å². The minimum Gasteiger partial charge on any atom is -0.451 e. The summed E-state index contributed by atoms with van der Waals surface area (Å²) in [5, 5.41) is 3.62. The van der Waals surface area contributed by atoms with Gasteiger partial charge >= 0.3 is 10.8 Å². The van der Waals surface area contributed by atoms with Crippen LogP contribution in [0, 0.1) is 18.6 Å². The molecule has 0 aliphatic rings. The Morgan fingerprint density at radius 1 is 1.33 bits per heavy atom. The zero-order chi connectivity index (χ0) is 17.9. The van der Waals surface area contributed by atoms with Crippen molar-refractivity contribution in [3.63, 3.8) is 0 Å². The lowest BCUT2D eigenvalue weighted by Crippen LogP contribution is -2.32. The smallest absolute Gasteiger partial charge is 0.326 e. The van der Waals surface area contributed by atoms with Crippen molar-refractivity contribution in [2.45, 2.75) is 26.5 Å². The van der Waals surface area contributed by atoms with E-state index in [1.54, 1.807) is 12.3 Å². The van der Waals surface area contributed by atoms with E-state index < -0.39 is 35.3 Å². The van der Waals surface area contributed by atoms with Crippen molar-refractivity contribution in [3.05, 3.63) is 50.6 Å². The summed E-state index contributed by atoms with van der Waals surface area (Å²) in [6.45, 7) is 2.57. The van der Waals surface area contributed by atoms with Crippen molar-refractivity contribution in [2.24, 2.45) is 0 Å². The van der Waals surface area contributed by atoms with Gasteiger partial charge < -0.3 is 10.1 Å². The fraction of sp³-hybridized carbons (Fsp3) is 0.267. The topological polar surface area (TPSA) is 77.4 Å². The van der Waals surface area contributed by atoms with Crippen LogP contribution in [0.3, 0.4) is 0 Å². The number of hydrogen-bond donors (Lipinski definition) is 1. The zero-order valence-electron chi connectivity index (χ0n) is 12.8. The summed E-state index contributed by atoms with van der Waals surface area (Å²) < 4.78 is 33.1. The van der Waals surface area contributed by atoms with Crippen molar-refractivity contribution in [3.8, 4) is 0 Å². The molecular formula is C15H14F2N2O4S. The molecule has 128 valence electrons. The van der Waals surface area contributed by atoms with Gasteiger partial charge in [0.15, 0.2) is 6.10 Å². The molecule has 24 heavy (non-hydrogen) atoms. The molecule has 1 atom stereocenters. The van der Waals surface area contributed by atoms with Crippen LogP contribution in [0.5, 0.6) is 0 Å². The summed E-state index contributed by atoms with van der Waals surface area (Å²) in [5.74, 6) is -3.58. The van der Waals surface area contributed by atoms with Crippen molar-refractivity contribution >= 4 is 28.9 Å². The van der Waals surface area contributed by atoms with Gasteiger partial charge in [0.25, 0.3) is 5.91 Å². The SMILES string of the molecule is Cc1csc(=O)n1CC(=O)O[C@@H](C)C(=O)Nc1c(F)cccc1F. The van der Waals surface area contributed by atoms with Gasteiger partial charge in [0.05, 0.1) is 0 Å². The molecule has 2 rings (SSSR count). The van der Waals surface area contributed by atoms with Gasteiger partial charge in [0, 0.05) is 11.1 Å². The van der Waals surface area contributed by atoms with E-state index in [1.807, 2.05) is 5.32 Å². The normalized spacial score (nSPS) is 11.8. The van der Waals surface area contributed by atoms with Crippen LogP contribution in [0.4, 0.5) is 14.5 Å². The number of nitrogens with one attached hydrogen (secondary N) is 1. The summed E-state index contributed by atoms with van der Waals surface area (Å²) in [5.41, 5.74) is -0.0252. The van der Waals surface area contributed by atoms with Gasteiger partial charge in [0.1, 0.15) is 23.9 Å². The summed E-state index contributed by atoms with van der Waals surface area (Å²) in [6.07, 6.45) is -1.29. The molecule has 1 aromatic heterocycles. The molecule has 0 fully saturated rings. The van der Waals surface area contributed by atoms with Crippen LogP contribution in [0.1, 0.15) is 12.6 Å². The molecule has 0 saturated carbocycles. The molecule has 1 amide bonds. The largest absolute Gasteiger partial charge is 0.451 e. The molecule has 2 aromatic rings. The molecule has 0 bridgehead atoms. The number of ether oxygens (including phenoxy) is 1. The number of aromatic nitrogens is 1. The zero-order valence-corrected chi connectivity index (χ0v) is 13.7. The number of esters is 1. The van der Waals surface area contributed by atoms with Crippen LogP contribution in [-0.2, 0) is 20.9 Å². The molecule has 1 aromatic carbocycles. The number of carbonyl (C=O) groups excluding carboxylic acids is 2. The summed E-state index contributed by atoms with van der Waals surface area (Å²) in [7, 11) is 0. The number of amides is 1. The predicted molar refractivity (Wildman–Crippen MR) is 83.9 cm³/mol. The Kier molecular flexibility index (Phi) is 5.45. The minimum atomic E-state index is -1.29. The number of benzene rings is 1. The fourth-order valence-electron chi connectivity index (χ4n) is 1.86. The Balaban J connectivity index is 1.99. The molecule has 6 nitrogen and oxygen atoms in total. The highest BCUT2D eigenvalue weighted by atomic mass is 32.1. The summed E-state index contributed by atoms with van der Waals surface area (Å²) in [4.78, 5) is 34.9. The van der Waals surface area contributed by atoms with Crippen molar-refractivity contribution < 1.29 is 23.1 Å². The molecule has 0 spiro atoms. The van der Waals surface area contributed by atoms with Gasteiger partial charge in [-0.05, 0) is 26.0 Å². The third-order valence-electron chi connectivity index (χ3n) is 3.15. The lowest BCUT2D eigenvalue weighted by molar-refractivity contribution is -0.153. The van der Waals surface area contributed by atoms with Gasteiger partial charge in [-0.25, -0.2) is 8.78 Å². The highest BCUT2D eigenvalue weighted by Gasteiger charge is 2.21. The van der Waals surface area contributed by atoms with Gasteiger partial charge in [-0.1, -0.05) is 17.4 Å². The quantitative estimate of drug-likeness (QED) is 0.832. The Labute approximate surface area is 139 Å². The second-order valence-corrected chi connectivity index (χ2v) is 5.77. The molecule has 0 aliphatic carbocycles. The van der Waals surface area contributed by atoms with Crippen LogP contribution in [0.25, 0.3) is 0 Å². The second kappa shape index (κ2) is 7.35. The molecule has 0 aliphatic heterocycles. The molecule has 1 heterocycles. The monoisotopic (exact) mass is 356 g/mol. The van der Waals surface area contributed by atoms with E-state index in [0.29, 0.717) is 5.69 Å². The number of nitrogens with zero attached hydrogens (tertiary/aromatic N) is 1. The standard InChI is InChI=1S/C15H14F2N2O4S/c1-8-7-24-15(22)19(8)6-12(20)23-9(2)14(21)18-13-10(16)4-3-5-11(13)17/h3-5,7,9H,6H2,1-2H3,(H,18,21)/t9-/m0/s1. The number of thiazole rings is 1. The van der Waals surface area contributed by atoms with Gasteiger partial charge in [-0.2, -0.15) is 0 Å². The molecule has 0 saturated heterocycles. The Bertz CT molecular complexity index is 811. The van der Waals surface area contributed by atoms with Crippen molar-refractivity contribution in [1.82, 2.24) is 4.57 Å². The van der Waals surface area contributed by atoms with Crippen molar-refractivity contribution in [2.75, 3.05) is 5.32 Å². The first kappa shape index (κ1) is 17.8. The average molecular weight is 356 g/mol. The third-order valence-corrected chi connectivity index (χ3v) is 4.03. The first-order chi connectivity index (χ1) is 11.3.